The Morgan fingerprint density at radius 1 is 1.29 bits per heavy atom. The van der Waals surface area contributed by atoms with E-state index in [4.69, 9.17) is 5.73 Å². The highest BCUT2D eigenvalue weighted by atomic mass is 32.1. The molecule has 0 saturated heterocycles. The maximum absolute atomic E-state index is 5.62. The Morgan fingerprint density at radius 3 is 2.65 bits per heavy atom. The molecular formula is C12H16N4S. The number of hydrogen-bond acceptors (Lipinski definition) is 5. The number of aryl methyl sites for hydroxylation is 2. The number of nitrogens with zero attached hydrogens (tertiary/aromatic N) is 2. The predicted molar refractivity (Wildman–Crippen MR) is 72.3 cm³/mol. The monoisotopic (exact) mass is 248 g/mol. The van der Waals surface area contributed by atoms with Crippen LogP contribution < -0.4 is 11.1 Å². The fourth-order valence-corrected chi connectivity index (χ4v) is 2.85. The van der Waals surface area contributed by atoms with Gasteiger partial charge in [-0.15, -0.1) is 11.3 Å². The van der Waals surface area contributed by atoms with E-state index < -0.39 is 0 Å². The van der Waals surface area contributed by atoms with Crippen molar-refractivity contribution in [1.82, 2.24) is 9.97 Å². The van der Waals surface area contributed by atoms with Gasteiger partial charge in [0, 0.05) is 15.8 Å². The van der Waals surface area contributed by atoms with Crippen LogP contribution in [0.5, 0.6) is 0 Å². The van der Waals surface area contributed by atoms with Crippen LogP contribution in [0.1, 0.15) is 28.3 Å². The summed E-state index contributed by atoms with van der Waals surface area (Å²) in [5.74, 6) is 1.24. The van der Waals surface area contributed by atoms with Crippen molar-refractivity contribution in [2.75, 3.05) is 11.1 Å². The number of nitrogen functional groups attached to an aromatic ring is 1. The number of rotatable bonds is 3. The number of nitrogens with one attached hydrogen (secondary N) is 1. The van der Waals surface area contributed by atoms with E-state index in [1.165, 1.54) is 21.6 Å². The van der Waals surface area contributed by atoms with E-state index in [2.05, 4.69) is 42.1 Å². The Kier molecular flexibility index (Phi) is 3.28. The largest absolute Gasteiger partial charge is 0.384 e. The summed E-state index contributed by atoms with van der Waals surface area (Å²) in [6, 6.07) is 4.17. The zero-order valence-corrected chi connectivity index (χ0v) is 11.0. The number of anilines is 2. The van der Waals surface area contributed by atoms with Crippen LogP contribution in [0, 0.1) is 13.8 Å². The van der Waals surface area contributed by atoms with Crippen molar-refractivity contribution >= 4 is 23.0 Å². The molecular weight excluding hydrogens is 232 g/mol. The second-order valence-electron chi connectivity index (χ2n) is 4.06. The minimum absolute atomic E-state index is 0.217. The lowest BCUT2D eigenvalue weighted by Crippen LogP contribution is -2.08. The van der Waals surface area contributed by atoms with Gasteiger partial charge in [0.25, 0.3) is 0 Å². The molecule has 0 amide bonds. The van der Waals surface area contributed by atoms with Crippen molar-refractivity contribution < 1.29 is 0 Å². The third-order valence-corrected chi connectivity index (χ3v) is 3.58. The Balaban J connectivity index is 2.16. The van der Waals surface area contributed by atoms with Gasteiger partial charge in [-0.05, 0) is 32.4 Å². The third-order valence-electron chi connectivity index (χ3n) is 2.60. The van der Waals surface area contributed by atoms with Gasteiger partial charge in [0.1, 0.15) is 18.0 Å². The van der Waals surface area contributed by atoms with Gasteiger partial charge < -0.3 is 11.1 Å². The number of nitrogens with two attached hydrogens (primary N) is 1. The molecule has 5 heteroatoms. The molecule has 0 fully saturated rings. The highest BCUT2D eigenvalue weighted by Gasteiger charge is 2.11. The molecule has 3 N–H and O–H groups in total. The summed E-state index contributed by atoms with van der Waals surface area (Å²) >= 11 is 1.81. The SMILES string of the molecule is Cc1cc(C(C)Nc2cc(N)ncn2)c(C)s1. The van der Waals surface area contributed by atoms with Crippen molar-refractivity contribution in [1.29, 1.82) is 0 Å². The molecule has 1 atom stereocenters. The van der Waals surface area contributed by atoms with E-state index in [1.54, 1.807) is 6.07 Å². The van der Waals surface area contributed by atoms with E-state index in [-0.39, 0.29) is 6.04 Å². The molecule has 4 nitrogen and oxygen atoms in total. The minimum Gasteiger partial charge on any atom is -0.384 e. The first-order valence-corrected chi connectivity index (χ1v) is 6.29. The molecule has 2 aromatic heterocycles. The maximum Gasteiger partial charge on any atom is 0.131 e. The summed E-state index contributed by atoms with van der Waals surface area (Å²) in [7, 11) is 0. The Morgan fingerprint density at radius 2 is 2.06 bits per heavy atom. The summed E-state index contributed by atoms with van der Waals surface area (Å²) in [6.07, 6.45) is 1.47. The van der Waals surface area contributed by atoms with Crippen LogP contribution in [0.3, 0.4) is 0 Å². The highest BCUT2D eigenvalue weighted by molar-refractivity contribution is 7.12. The smallest absolute Gasteiger partial charge is 0.131 e. The molecule has 1 unspecified atom stereocenters. The van der Waals surface area contributed by atoms with Crippen LogP contribution in [0.4, 0.5) is 11.6 Å². The van der Waals surface area contributed by atoms with E-state index in [0.717, 1.165) is 5.82 Å². The summed E-state index contributed by atoms with van der Waals surface area (Å²) in [5, 5.41) is 3.33. The minimum atomic E-state index is 0.217. The Hall–Kier alpha value is -1.62. The standard InChI is InChI=1S/C12H16N4S/c1-7-4-10(9(3)17-7)8(2)16-12-5-11(13)14-6-15-12/h4-6,8H,1-3H3,(H3,13,14,15,16). The maximum atomic E-state index is 5.62. The molecule has 0 aliphatic rings. The van der Waals surface area contributed by atoms with Crippen molar-refractivity contribution in [3.8, 4) is 0 Å². The predicted octanol–water partition coefficient (Wildman–Crippen LogP) is 2.91. The highest BCUT2D eigenvalue weighted by Crippen LogP contribution is 2.28. The second-order valence-corrected chi connectivity index (χ2v) is 5.52. The van der Waals surface area contributed by atoms with Crippen LogP contribution in [-0.4, -0.2) is 9.97 Å². The van der Waals surface area contributed by atoms with Crippen LogP contribution in [0.25, 0.3) is 0 Å². The quantitative estimate of drug-likeness (QED) is 0.876. The average molecular weight is 248 g/mol. The second kappa shape index (κ2) is 4.71. The topological polar surface area (TPSA) is 63.8 Å². The van der Waals surface area contributed by atoms with Gasteiger partial charge >= 0.3 is 0 Å². The Labute approximate surface area is 105 Å². The number of thiophene rings is 1. The molecule has 0 aliphatic heterocycles. The van der Waals surface area contributed by atoms with E-state index >= 15 is 0 Å². The first-order chi connectivity index (χ1) is 8.06. The van der Waals surface area contributed by atoms with Gasteiger partial charge in [-0.3, -0.25) is 0 Å². The normalized spacial score (nSPS) is 12.4. The molecule has 2 heterocycles. The summed E-state index contributed by atoms with van der Waals surface area (Å²) in [6.45, 7) is 6.38. The molecule has 17 heavy (non-hydrogen) atoms. The van der Waals surface area contributed by atoms with E-state index in [9.17, 15) is 0 Å². The molecule has 0 radical (unpaired) electrons. The van der Waals surface area contributed by atoms with Crippen molar-refractivity contribution in [2.45, 2.75) is 26.8 Å². The lowest BCUT2D eigenvalue weighted by molar-refractivity contribution is 0.869. The third kappa shape index (κ3) is 2.74. The van der Waals surface area contributed by atoms with Crippen LogP contribution in [0.2, 0.25) is 0 Å². The van der Waals surface area contributed by atoms with Crippen molar-refractivity contribution in [3.05, 3.63) is 33.8 Å². The van der Waals surface area contributed by atoms with Gasteiger partial charge in [0.2, 0.25) is 0 Å². The van der Waals surface area contributed by atoms with Gasteiger partial charge in [0.05, 0.1) is 6.04 Å². The van der Waals surface area contributed by atoms with Gasteiger partial charge in [0.15, 0.2) is 0 Å². The Bertz CT molecular complexity index is 521. The molecule has 0 spiro atoms. The summed E-state index contributed by atoms with van der Waals surface area (Å²) in [4.78, 5) is 10.7. The lowest BCUT2D eigenvalue weighted by atomic mass is 10.1. The molecule has 2 aromatic rings. The first kappa shape index (κ1) is 11.9. The molecule has 0 aliphatic carbocycles. The zero-order chi connectivity index (χ0) is 12.4. The molecule has 0 bridgehead atoms. The molecule has 0 aromatic carbocycles. The van der Waals surface area contributed by atoms with Crippen molar-refractivity contribution in [2.24, 2.45) is 0 Å². The van der Waals surface area contributed by atoms with E-state index in [0.29, 0.717) is 5.82 Å². The van der Waals surface area contributed by atoms with Crippen LogP contribution in [-0.2, 0) is 0 Å². The van der Waals surface area contributed by atoms with Gasteiger partial charge in [-0.2, -0.15) is 0 Å². The fourth-order valence-electron chi connectivity index (χ4n) is 1.83. The fraction of sp³-hybridized carbons (Fsp3) is 0.333. The van der Waals surface area contributed by atoms with Crippen molar-refractivity contribution in [3.63, 3.8) is 0 Å². The molecule has 2 rings (SSSR count). The number of hydrogen-bond donors (Lipinski definition) is 2. The van der Waals surface area contributed by atoms with Gasteiger partial charge in [-0.1, -0.05) is 0 Å². The first-order valence-electron chi connectivity index (χ1n) is 5.47. The average Bonchev–Trinajstić information content (AvgIpc) is 2.58. The molecule has 0 saturated carbocycles. The lowest BCUT2D eigenvalue weighted by Gasteiger charge is -2.14. The zero-order valence-electron chi connectivity index (χ0n) is 10.2. The van der Waals surface area contributed by atoms with Crippen LogP contribution in [0.15, 0.2) is 18.5 Å². The summed E-state index contributed by atoms with van der Waals surface area (Å²) < 4.78 is 0. The number of aromatic nitrogens is 2. The van der Waals surface area contributed by atoms with Gasteiger partial charge in [-0.25, -0.2) is 9.97 Å². The van der Waals surface area contributed by atoms with Crippen LogP contribution >= 0.6 is 11.3 Å². The van der Waals surface area contributed by atoms with E-state index in [1.807, 2.05) is 11.3 Å². The molecule has 90 valence electrons. The summed E-state index contributed by atoms with van der Waals surface area (Å²) in [5.41, 5.74) is 6.93.